The Morgan fingerprint density at radius 3 is 2.47 bits per heavy atom. The van der Waals surface area contributed by atoms with Crippen LogP contribution in [0.3, 0.4) is 0 Å². The Bertz CT molecular complexity index is 572. The minimum absolute atomic E-state index is 0.0408. The molecule has 0 amide bonds. The van der Waals surface area contributed by atoms with E-state index in [1.165, 1.54) is 5.56 Å². The maximum absolute atomic E-state index is 6.27. The summed E-state index contributed by atoms with van der Waals surface area (Å²) < 4.78 is 7.24. The predicted molar refractivity (Wildman–Crippen MR) is 85.5 cm³/mol. The Kier molecular flexibility index (Phi) is 5.02. The SMILES string of the molecule is COc1ccc(C(N)Cc2ccccc2Br)cc1Br. The first-order chi connectivity index (χ1) is 9.11. The van der Waals surface area contributed by atoms with E-state index in [9.17, 15) is 0 Å². The molecule has 100 valence electrons. The van der Waals surface area contributed by atoms with Crippen molar-refractivity contribution < 1.29 is 4.74 Å². The molecule has 0 spiro atoms. The van der Waals surface area contributed by atoms with Crippen LogP contribution in [0.15, 0.2) is 51.4 Å². The maximum atomic E-state index is 6.27. The van der Waals surface area contributed by atoms with Gasteiger partial charge in [0.1, 0.15) is 5.75 Å². The van der Waals surface area contributed by atoms with Crippen LogP contribution in [0.1, 0.15) is 17.2 Å². The lowest BCUT2D eigenvalue weighted by atomic mass is 10.00. The highest BCUT2D eigenvalue weighted by Gasteiger charge is 2.11. The van der Waals surface area contributed by atoms with Crippen molar-refractivity contribution >= 4 is 31.9 Å². The predicted octanol–water partition coefficient (Wildman–Crippen LogP) is 4.46. The molecule has 0 bridgehead atoms. The van der Waals surface area contributed by atoms with E-state index in [0.717, 1.165) is 26.7 Å². The normalized spacial score (nSPS) is 12.2. The Balaban J connectivity index is 2.18. The van der Waals surface area contributed by atoms with E-state index in [0.29, 0.717) is 0 Å². The molecular weight excluding hydrogens is 370 g/mol. The van der Waals surface area contributed by atoms with Gasteiger partial charge in [-0.25, -0.2) is 0 Å². The fraction of sp³-hybridized carbons (Fsp3) is 0.200. The van der Waals surface area contributed by atoms with E-state index in [1.807, 2.05) is 36.4 Å². The third-order valence-corrected chi connectivity index (χ3v) is 4.39. The van der Waals surface area contributed by atoms with Crippen LogP contribution < -0.4 is 10.5 Å². The van der Waals surface area contributed by atoms with Gasteiger partial charge in [0.05, 0.1) is 11.6 Å². The Morgan fingerprint density at radius 2 is 1.84 bits per heavy atom. The smallest absolute Gasteiger partial charge is 0.133 e. The molecule has 0 aromatic heterocycles. The molecule has 0 aliphatic carbocycles. The molecule has 0 aliphatic heterocycles. The number of ether oxygens (including phenoxy) is 1. The summed E-state index contributed by atoms with van der Waals surface area (Å²) in [4.78, 5) is 0. The molecular formula is C15H15Br2NO. The molecule has 19 heavy (non-hydrogen) atoms. The van der Waals surface area contributed by atoms with Gasteiger partial charge in [-0.05, 0) is 51.7 Å². The molecule has 2 rings (SSSR count). The average Bonchev–Trinajstić information content (AvgIpc) is 2.41. The van der Waals surface area contributed by atoms with Crippen LogP contribution in [0.4, 0.5) is 0 Å². The van der Waals surface area contributed by atoms with Crippen molar-refractivity contribution in [3.05, 3.63) is 62.5 Å². The molecule has 0 saturated heterocycles. The molecule has 0 fully saturated rings. The first-order valence-electron chi connectivity index (χ1n) is 5.94. The van der Waals surface area contributed by atoms with Gasteiger partial charge in [-0.3, -0.25) is 0 Å². The van der Waals surface area contributed by atoms with Gasteiger partial charge in [0, 0.05) is 10.5 Å². The standard InChI is InChI=1S/C15H15Br2NO/c1-19-15-7-6-11(8-13(15)17)14(18)9-10-4-2-3-5-12(10)16/h2-8,14H,9,18H2,1H3. The van der Waals surface area contributed by atoms with Crippen molar-refractivity contribution in [2.75, 3.05) is 7.11 Å². The molecule has 0 heterocycles. The second-order valence-corrected chi connectivity index (χ2v) is 6.00. The molecule has 0 aliphatic rings. The van der Waals surface area contributed by atoms with Crippen molar-refractivity contribution in [2.24, 2.45) is 5.73 Å². The van der Waals surface area contributed by atoms with Gasteiger partial charge in [-0.1, -0.05) is 40.2 Å². The third-order valence-electron chi connectivity index (χ3n) is 3.00. The minimum Gasteiger partial charge on any atom is -0.496 e. The number of methoxy groups -OCH3 is 1. The van der Waals surface area contributed by atoms with Gasteiger partial charge in [0.15, 0.2) is 0 Å². The Labute approximate surface area is 130 Å². The zero-order chi connectivity index (χ0) is 13.8. The molecule has 4 heteroatoms. The van der Waals surface area contributed by atoms with Gasteiger partial charge in [-0.15, -0.1) is 0 Å². The van der Waals surface area contributed by atoms with E-state index in [-0.39, 0.29) is 6.04 Å². The van der Waals surface area contributed by atoms with E-state index in [1.54, 1.807) is 7.11 Å². The zero-order valence-electron chi connectivity index (χ0n) is 10.6. The molecule has 1 unspecified atom stereocenters. The number of hydrogen-bond acceptors (Lipinski definition) is 2. The lowest BCUT2D eigenvalue weighted by molar-refractivity contribution is 0.412. The number of hydrogen-bond donors (Lipinski definition) is 1. The van der Waals surface area contributed by atoms with Crippen molar-refractivity contribution in [3.8, 4) is 5.75 Å². The number of nitrogens with two attached hydrogens (primary N) is 1. The molecule has 0 radical (unpaired) electrons. The highest BCUT2D eigenvalue weighted by molar-refractivity contribution is 9.10. The lowest BCUT2D eigenvalue weighted by Crippen LogP contribution is -2.13. The summed E-state index contributed by atoms with van der Waals surface area (Å²) in [6, 6.07) is 14.1. The first-order valence-corrected chi connectivity index (χ1v) is 7.53. The van der Waals surface area contributed by atoms with Crippen LogP contribution >= 0.6 is 31.9 Å². The number of halogens is 2. The first kappa shape index (κ1) is 14.6. The monoisotopic (exact) mass is 383 g/mol. The van der Waals surface area contributed by atoms with Crippen molar-refractivity contribution in [1.82, 2.24) is 0 Å². The van der Waals surface area contributed by atoms with Crippen molar-refractivity contribution in [2.45, 2.75) is 12.5 Å². The van der Waals surface area contributed by atoms with Crippen molar-refractivity contribution in [3.63, 3.8) is 0 Å². The Morgan fingerprint density at radius 1 is 1.11 bits per heavy atom. The molecule has 1 atom stereocenters. The van der Waals surface area contributed by atoms with Gasteiger partial charge in [0.2, 0.25) is 0 Å². The molecule has 2 aromatic carbocycles. The summed E-state index contributed by atoms with van der Waals surface area (Å²) in [5, 5.41) is 0. The quantitative estimate of drug-likeness (QED) is 0.844. The second-order valence-electron chi connectivity index (χ2n) is 4.30. The number of benzene rings is 2. The maximum Gasteiger partial charge on any atom is 0.133 e. The summed E-state index contributed by atoms with van der Waals surface area (Å²) in [5.74, 6) is 0.817. The van der Waals surface area contributed by atoms with Gasteiger partial charge >= 0.3 is 0 Å². The van der Waals surface area contributed by atoms with Crippen LogP contribution in [-0.2, 0) is 6.42 Å². The van der Waals surface area contributed by atoms with Gasteiger partial charge in [0.25, 0.3) is 0 Å². The molecule has 2 aromatic rings. The summed E-state index contributed by atoms with van der Waals surface area (Å²) in [7, 11) is 1.65. The Hall–Kier alpha value is -0.840. The minimum atomic E-state index is -0.0408. The lowest BCUT2D eigenvalue weighted by Gasteiger charge is -2.14. The average molecular weight is 385 g/mol. The van der Waals surface area contributed by atoms with E-state index >= 15 is 0 Å². The van der Waals surface area contributed by atoms with E-state index < -0.39 is 0 Å². The highest BCUT2D eigenvalue weighted by atomic mass is 79.9. The summed E-state index contributed by atoms with van der Waals surface area (Å²) >= 11 is 7.04. The molecule has 2 N–H and O–H groups in total. The van der Waals surface area contributed by atoms with Crippen LogP contribution in [0.25, 0.3) is 0 Å². The van der Waals surface area contributed by atoms with Crippen LogP contribution in [-0.4, -0.2) is 7.11 Å². The third kappa shape index (κ3) is 3.59. The van der Waals surface area contributed by atoms with Crippen LogP contribution in [0, 0.1) is 0 Å². The van der Waals surface area contributed by atoms with E-state index in [4.69, 9.17) is 10.5 Å². The highest BCUT2D eigenvalue weighted by Crippen LogP contribution is 2.29. The van der Waals surface area contributed by atoms with Crippen molar-refractivity contribution in [1.29, 1.82) is 0 Å². The zero-order valence-corrected chi connectivity index (χ0v) is 13.7. The second kappa shape index (κ2) is 6.55. The van der Waals surface area contributed by atoms with E-state index in [2.05, 4.69) is 37.9 Å². The van der Waals surface area contributed by atoms with Gasteiger partial charge in [-0.2, -0.15) is 0 Å². The fourth-order valence-corrected chi connectivity index (χ4v) is 2.94. The van der Waals surface area contributed by atoms with Crippen LogP contribution in [0.2, 0.25) is 0 Å². The fourth-order valence-electron chi connectivity index (χ4n) is 1.93. The summed E-state index contributed by atoms with van der Waals surface area (Å²) in [6.07, 6.45) is 0.792. The topological polar surface area (TPSA) is 35.2 Å². The largest absolute Gasteiger partial charge is 0.496 e. The molecule has 0 saturated carbocycles. The summed E-state index contributed by atoms with van der Waals surface area (Å²) in [5.41, 5.74) is 8.57. The number of rotatable bonds is 4. The molecule has 2 nitrogen and oxygen atoms in total. The van der Waals surface area contributed by atoms with Crippen LogP contribution in [0.5, 0.6) is 5.75 Å². The van der Waals surface area contributed by atoms with Gasteiger partial charge < -0.3 is 10.5 Å². The summed E-state index contributed by atoms with van der Waals surface area (Å²) in [6.45, 7) is 0.